The molecule has 6 heteroatoms. The molecule has 3 rings (SSSR count). The summed E-state index contributed by atoms with van der Waals surface area (Å²) in [6.45, 7) is 4.14. The summed E-state index contributed by atoms with van der Waals surface area (Å²) in [5, 5.41) is 8.43. The Hall–Kier alpha value is -3.67. The normalized spacial score (nSPS) is 10.2. The molecular formula is C22H22N4O2. The predicted molar refractivity (Wildman–Crippen MR) is 113 cm³/mol. The second-order valence-electron chi connectivity index (χ2n) is 6.46. The monoisotopic (exact) mass is 374 g/mol. The van der Waals surface area contributed by atoms with Crippen molar-refractivity contribution in [1.82, 2.24) is 4.98 Å². The van der Waals surface area contributed by atoms with Crippen LogP contribution in [0.4, 0.5) is 17.1 Å². The minimum atomic E-state index is -0.253. The van der Waals surface area contributed by atoms with Gasteiger partial charge in [-0.15, -0.1) is 0 Å². The van der Waals surface area contributed by atoms with E-state index < -0.39 is 0 Å². The molecule has 3 aromatic rings. The molecule has 1 aromatic heterocycles. The third kappa shape index (κ3) is 4.17. The van der Waals surface area contributed by atoms with Crippen LogP contribution in [0.3, 0.4) is 0 Å². The fourth-order valence-electron chi connectivity index (χ4n) is 2.82. The van der Waals surface area contributed by atoms with Crippen LogP contribution in [0.15, 0.2) is 54.7 Å². The highest BCUT2D eigenvalue weighted by molar-refractivity contribution is 6.04. The Morgan fingerprint density at radius 2 is 1.79 bits per heavy atom. The van der Waals surface area contributed by atoms with Gasteiger partial charge in [-0.1, -0.05) is 12.1 Å². The van der Waals surface area contributed by atoms with Gasteiger partial charge in [-0.2, -0.15) is 0 Å². The minimum Gasteiger partial charge on any atom is -0.386 e. The zero-order valence-corrected chi connectivity index (χ0v) is 16.0. The van der Waals surface area contributed by atoms with E-state index in [1.54, 1.807) is 37.5 Å². The van der Waals surface area contributed by atoms with Gasteiger partial charge in [-0.25, -0.2) is 0 Å². The van der Waals surface area contributed by atoms with Crippen LogP contribution >= 0.6 is 0 Å². The van der Waals surface area contributed by atoms with Gasteiger partial charge >= 0.3 is 0 Å². The lowest BCUT2D eigenvalue weighted by molar-refractivity contribution is -0.105. The maximum absolute atomic E-state index is 12.5. The third-order valence-electron chi connectivity index (χ3n) is 4.59. The molecule has 0 bridgehead atoms. The van der Waals surface area contributed by atoms with Gasteiger partial charge in [-0.3, -0.25) is 14.6 Å². The molecule has 0 atom stereocenters. The Morgan fingerprint density at radius 1 is 0.964 bits per heavy atom. The van der Waals surface area contributed by atoms with Crippen molar-refractivity contribution in [2.45, 2.75) is 13.8 Å². The summed E-state index contributed by atoms with van der Waals surface area (Å²) in [6.07, 6.45) is 2.18. The maximum Gasteiger partial charge on any atom is 0.257 e. The number of nitrogens with zero attached hydrogens (tertiary/aromatic N) is 1. The van der Waals surface area contributed by atoms with Gasteiger partial charge in [0.05, 0.1) is 22.6 Å². The van der Waals surface area contributed by atoms with Gasteiger partial charge in [-0.05, 0) is 61.4 Å². The number of hydrogen-bond donors (Lipinski definition) is 3. The highest BCUT2D eigenvalue weighted by atomic mass is 16.1. The van der Waals surface area contributed by atoms with E-state index in [2.05, 4.69) is 46.9 Å². The minimum absolute atomic E-state index is 0.253. The lowest BCUT2D eigenvalue weighted by Crippen LogP contribution is -2.12. The van der Waals surface area contributed by atoms with Crippen LogP contribution in [0.2, 0.25) is 0 Å². The number of hydrogen-bond acceptors (Lipinski definition) is 4. The van der Waals surface area contributed by atoms with E-state index >= 15 is 0 Å². The van der Waals surface area contributed by atoms with Crippen molar-refractivity contribution < 1.29 is 9.59 Å². The molecule has 0 saturated heterocycles. The van der Waals surface area contributed by atoms with Crippen molar-refractivity contribution in [3.63, 3.8) is 0 Å². The second kappa shape index (κ2) is 8.35. The maximum atomic E-state index is 12.5. The number of rotatable bonds is 6. The molecule has 2 aromatic carbocycles. The topological polar surface area (TPSA) is 83.1 Å². The number of pyridine rings is 1. The molecule has 142 valence electrons. The summed E-state index contributed by atoms with van der Waals surface area (Å²) in [5.41, 5.74) is 6.69. The van der Waals surface area contributed by atoms with Crippen molar-refractivity contribution in [1.29, 1.82) is 0 Å². The molecule has 3 N–H and O–H groups in total. The fourth-order valence-corrected chi connectivity index (χ4v) is 2.82. The van der Waals surface area contributed by atoms with E-state index in [1.807, 2.05) is 12.1 Å². The number of benzene rings is 2. The van der Waals surface area contributed by atoms with Crippen LogP contribution in [0.25, 0.3) is 11.3 Å². The summed E-state index contributed by atoms with van der Waals surface area (Å²) in [5.74, 6) is -0.253. The van der Waals surface area contributed by atoms with Gasteiger partial charge in [0.15, 0.2) is 0 Å². The summed E-state index contributed by atoms with van der Waals surface area (Å²) in [4.78, 5) is 27.6. The molecule has 0 radical (unpaired) electrons. The van der Waals surface area contributed by atoms with Crippen LogP contribution in [0.5, 0.6) is 0 Å². The van der Waals surface area contributed by atoms with Crippen LogP contribution in [0.1, 0.15) is 21.5 Å². The first kappa shape index (κ1) is 19.1. The van der Waals surface area contributed by atoms with E-state index in [4.69, 9.17) is 0 Å². The van der Waals surface area contributed by atoms with Gasteiger partial charge < -0.3 is 16.0 Å². The first-order valence-electron chi connectivity index (χ1n) is 8.89. The number of nitrogens with one attached hydrogen (secondary N) is 3. The Morgan fingerprint density at radius 3 is 2.43 bits per heavy atom. The van der Waals surface area contributed by atoms with Gasteiger partial charge in [0, 0.05) is 24.5 Å². The summed E-state index contributed by atoms with van der Waals surface area (Å²) < 4.78 is 0. The molecule has 0 fully saturated rings. The molecule has 0 aliphatic heterocycles. The molecule has 1 heterocycles. The first-order valence-corrected chi connectivity index (χ1v) is 8.89. The average molecular weight is 374 g/mol. The van der Waals surface area contributed by atoms with Crippen LogP contribution < -0.4 is 16.0 Å². The SMILES string of the molecule is CNc1cc(NC(=O)c2ccc(-c3ccc(C)c(C)c3)nc2)ccc1NC=O. The summed E-state index contributed by atoms with van der Waals surface area (Å²) in [7, 11) is 1.74. The van der Waals surface area contributed by atoms with Crippen LogP contribution in [0, 0.1) is 13.8 Å². The smallest absolute Gasteiger partial charge is 0.257 e. The number of aryl methyl sites for hydroxylation is 2. The molecule has 0 spiro atoms. The quantitative estimate of drug-likeness (QED) is 0.564. The molecular weight excluding hydrogens is 352 g/mol. The summed E-state index contributed by atoms with van der Waals surface area (Å²) in [6, 6.07) is 15.0. The number of aromatic nitrogens is 1. The van der Waals surface area contributed by atoms with Crippen LogP contribution in [-0.2, 0) is 4.79 Å². The zero-order valence-electron chi connectivity index (χ0n) is 16.0. The standard InChI is InChI=1S/C22H22N4O2/c1-14-4-5-16(10-15(14)2)19-8-6-17(12-24-19)22(28)26-18-7-9-20(25-13-27)21(11-18)23-3/h4-13,23H,1-3H3,(H,25,27)(H,26,28). The molecule has 0 saturated carbocycles. The Kier molecular flexibility index (Phi) is 5.69. The van der Waals surface area contributed by atoms with Gasteiger partial charge in [0.2, 0.25) is 6.41 Å². The Labute approximate surface area is 164 Å². The molecule has 6 nitrogen and oxygen atoms in total. The summed E-state index contributed by atoms with van der Waals surface area (Å²) >= 11 is 0. The molecule has 2 amide bonds. The average Bonchev–Trinajstić information content (AvgIpc) is 2.71. The van der Waals surface area contributed by atoms with E-state index in [-0.39, 0.29) is 5.91 Å². The first-order chi connectivity index (χ1) is 13.5. The molecule has 0 unspecified atom stereocenters. The highest BCUT2D eigenvalue weighted by Crippen LogP contribution is 2.25. The molecule has 0 aliphatic rings. The van der Waals surface area contributed by atoms with Gasteiger partial charge in [0.25, 0.3) is 5.91 Å². The lowest BCUT2D eigenvalue weighted by atomic mass is 10.0. The number of anilines is 3. The van der Waals surface area contributed by atoms with E-state index in [0.29, 0.717) is 29.0 Å². The predicted octanol–water partition coefficient (Wildman–Crippen LogP) is 4.23. The second-order valence-corrected chi connectivity index (χ2v) is 6.46. The van der Waals surface area contributed by atoms with E-state index in [9.17, 15) is 9.59 Å². The van der Waals surface area contributed by atoms with Crippen molar-refractivity contribution in [3.05, 3.63) is 71.4 Å². The Balaban J connectivity index is 1.76. The van der Waals surface area contributed by atoms with Crippen molar-refractivity contribution in [2.75, 3.05) is 23.0 Å². The fraction of sp³-hybridized carbons (Fsp3) is 0.136. The van der Waals surface area contributed by atoms with Crippen molar-refractivity contribution in [3.8, 4) is 11.3 Å². The number of carbonyl (C=O) groups excluding carboxylic acids is 2. The van der Waals surface area contributed by atoms with E-state index in [0.717, 1.165) is 11.3 Å². The van der Waals surface area contributed by atoms with Gasteiger partial charge in [0.1, 0.15) is 0 Å². The highest BCUT2D eigenvalue weighted by Gasteiger charge is 2.10. The van der Waals surface area contributed by atoms with Crippen LogP contribution in [-0.4, -0.2) is 24.3 Å². The largest absolute Gasteiger partial charge is 0.386 e. The number of carbonyl (C=O) groups is 2. The lowest BCUT2D eigenvalue weighted by Gasteiger charge is -2.11. The Bertz CT molecular complexity index is 1010. The van der Waals surface area contributed by atoms with Crippen molar-refractivity contribution in [2.24, 2.45) is 0 Å². The number of amides is 2. The van der Waals surface area contributed by atoms with E-state index in [1.165, 1.54) is 11.1 Å². The third-order valence-corrected chi connectivity index (χ3v) is 4.59. The van der Waals surface area contributed by atoms with Crippen molar-refractivity contribution >= 4 is 29.4 Å². The molecule has 28 heavy (non-hydrogen) atoms. The zero-order chi connectivity index (χ0) is 20.1. The molecule has 0 aliphatic carbocycles.